The molecule has 28 heavy (non-hydrogen) atoms. The van der Waals surface area contributed by atoms with E-state index in [2.05, 4.69) is 5.32 Å². The third kappa shape index (κ3) is 5.80. The van der Waals surface area contributed by atoms with Crippen molar-refractivity contribution in [1.29, 1.82) is 0 Å². The van der Waals surface area contributed by atoms with Crippen LogP contribution in [0.4, 0.5) is 11.4 Å². The molecule has 0 heterocycles. The van der Waals surface area contributed by atoms with E-state index in [1.807, 2.05) is 0 Å². The second-order valence-electron chi connectivity index (χ2n) is 5.96. The summed E-state index contributed by atoms with van der Waals surface area (Å²) in [5, 5.41) is 13.6. The number of nitro groups is 1. The number of hydrogen-bond acceptors (Lipinski definition) is 6. The van der Waals surface area contributed by atoms with Crippen molar-refractivity contribution in [3.05, 3.63) is 63.7 Å². The normalized spacial score (nSPS) is 10.2. The Morgan fingerprint density at radius 3 is 2.61 bits per heavy atom. The molecule has 8 nitrogen and oxygen atoms in total. The van der Waals surface area contributed by atoms with E-state index in [1.165, 1.54) is 18.2 Å². The molecule has 8 heteroatoms. The van der Waals surface area contributed by atoms with Crippen LogP contribution in [-0.2, 0) is 9.53 Å². The molecule has 2 rings (SSSR count). The third-order valence-corrected chi connectivity index (χ3v) is 3.89. The molecule has 0 atom stereocenters. The quantitative estimate of drug-likeness (QED) is 0.303. The molecular weight excluding hydrogens is 364 g/mol. The Hall–Kier alpha value is -3.42. The predicted molar refractivity (Wildman–Crippen MR) is 104 cm³/mol. The maximum atomic E-state index is 12.6. The van der Waals surface area contributed by atoms with Crippen molar-refractivity contribution in [1.82, 2.24) is 0 Å². The van der Waals surface area contributed by atoms with E-state index >= 15 is 0 Å². The number of ether oxygens (including phenoxy) is 2. The van der Waals surface area contributed by atoms with Crippen LogP contribution >= 0.6 is 0 Å². The van der Waals surface area contributed by atoms with Crippen LogP contribution in [0.5, 0.6) is 5.75 Å². The Balaban J connectivity index is 2.01. The summed E-state index contributed by atoms with van der Waals surface area (Å²) in [6.45, 7) is 4.03. The van der Waals surface area contributed by atoms with Crippen LogP contribution in [0, 0.1) is 17.0 Å². The standard InChI is InChI=1S/C20H22N2O6/c1-3-27-19(23)9-6-12-28-18-8-5-4-7-17(18)21-20(24)16-11-10-15(22(25)26)13-14(16)2/h4-5,7-8,10-11,13H,3,6,9,12H2,1-2H3,(H,21,24). The predicted octanol–water partition coefficient (Wildman–Crippen LogP) is 3.88. The van der Waals surface area contributed by atoms with Gasteiger partial charge in [-0.1, -0.05) is 12.1 Å². The molecular formula is C20H22N2O6. The highest BCUT2D eigenvalue weighted by atomic mass is 16.6. The molecule has 2 aromatic carbocycles. The minimum absolute atomic E-state index is 0.0700. The Morgan fingerprint density at radius 1 is 1.18 bits per heavy atom. The molecule has 1 amide bonds. The number of carbonyl (C=O) groups is 2. The van der Waals surface area contributed by atoms with Crippen molar-refractivity contribution in [3.8, 4) is 5.75 Å². The highest BCUT2D eigenvalue weighted by molar-refractivity contribution is 6.06. The van der Waals surface area contributed by atoms with E-state index in [1.54, 1.807) is 38.1 Å². The fourth-order valence-corrected chi connectivity index (χ4v) is 2.53. The van der Waals surface area contributed by atoms with Gasteiger partial charge in [-0.2, -0.15) is 0 Å². The summed E-state index contributed by atoms with van der Waals surface area (Å²) in [4.78, 5) is 34.2. The summed E-state index contributed by atoms with van der Waals surface area (Å²) in [6.07, 6.45) is 0.743. The number of benzene rings is 2. The number of carbonyl (C=O) groups excluding carboxylic acids is 2. The van der Waals surface area contributed by atoms with Gasteiger partial charge in [-0.15, -0.1) is 0 Å². The van der Waals surface area contributed by atoms with Gasteiger partial charge in [0.25, 0.3) is 11.6 Å². The zero-order chi connectivity index (χ0) is 20.5. The number of rotatable bonds is 9. The number of amides is 1. The first kappa shape index (κ1) is 20.9. The van der Waals surface area contributed by atoms with Gasteiger partial charge in [0, 0.05) is 24.1 Å². The Morgan fingerprint density at radius 2 is 1.93 bits per heavy atom. The largest absolute Gasteiger partial charge is 0.491 e. The number of nitrogens with one attached hydrogen (secondary N) is 1. The number of anilines is 1. The van der Waals surface area contributed by atoms with E-state index in [0.29, 0.717) is 42.2 Å². The number of nitro benzene ring substituents is 1. The van der Waals surface area contributed by atoms with Crippen LogP contribution in [0.15, 0.2) is 42.5 Å². The highest BCUT2D eigenvalue weighted by Crippen LogP contribution is 2.25. The van der Waals surface area contributed by atoms with Crippen LogP contribution in [-0.4, -0.2) is 30.0 Å². The molecule has 0 bridgehead atoms. The van der Waals surface area contributed by atoms with Gasteiger partial charge in [-0.3, -0.25) is 19.7 Å². The van der Waals surface area contributed by atoms with Crippen LogP contribution in [0.25, 0.3) is 0 Å². The van der Waals surface area contributed by atoms with Gasteiger partial charge < -0.3 is 14.8 Å². The maximum Gasteiger partial charge on any atom is 0.305 e. The lowest BCUT2D eigenvalue weighted by Gasteiger charge is -2.13. The van der Waals surface area contributed by atoms with Crippen LogP contribution < -0.4 is 10.1 Å². The van der Waals surface area contributed by atoms with Crippen molar-refractivity contribution in [2.24, 2.45) is 0 Å². The smallest absolute Gasteiger partial charge is 0.305 e. The minimum atomic E-state index is -0.506. The average molecular weight is 386 g/mol. The highest BCUT2D eigenvalue weighted by Gasteiger charge is 2.15. The molecule has 0 saturated heterocycles. The van der Waals surface area contributed by atoms with Gasteiger partial charge in [-0.25, -0.2) is 0 Å². The number of nitrogens with zero attached hydrogens (tertiary/aromatic N) is 1. The summed E-state index contributed by atoms with van der Waals surface area (Å²) in [6, 6.07) is 11.0. The number of non-ortho nitro benzene ring substituents is 1. The summed E-state index contributed by atoms with van der Waals surface area (Å²) < 4.78 is 10.5. The van der Waals surface area contributed by atoms with Crippen molar-refractivity contribution in [3.63, 3.8) is 0 Å². The lowest BCUT2D eigenvalue weighted by molar-refractivity contribution is -0.384. The van der Waals surface area contributed by atoms with Crippen LogP contribution in [0.2, 0.25) is 0 Å². The van der Waals surface area contributed by atoms with E-state index in [4.69, 9.17) is 9.47 Å². The van der Waals surface area contributed by atoms with Crippen LogP contribution in [0.1, 0.15) is 35.7 Å². The molecule has 0 aromatic heterocycles. The molecule has 0 aliphatic rings. The fourth-order valence-electron chi connectivity index (χ4n) is 2.53. The van der Waals surface area contributed by atoms with E-state index < -0.39 is 10.8 Å². The van der Waals surface area contributed by atoms with Crippen LogP contribution in [0.3, 0.4) is 0 Å². The zero-order valence-corrected chi connectivity index (χ0v) is 15.8. The van der Waals surface area contributed by atoms with E-state index in [-0.39, 0.29) is 18.1 Å². The molecule has 0 fully saturated rings. The molecule has 1 N–H and O–H groups in total. The first-order valence-electron chi connectivity index (χ1n) is 8.86. The SMILES string of the molecule is CCOC(=O)CCCOc1ccccc1NC(=O)c1ccc([N+](=O)[O-])cc1C. The first-order valence-corrected chi connectivity index (χ1v) is 8.86. The number of aryl methyl sites for hydroxylation is 1. The Bertz CT molecular complexity index is 866. The van der Waals surface area contributed by atoms with Crippen molar-refractivity contribution < 1.29 is 24.0 Å². The first-order chi connectivity index (χ1) is 13.4. The fraction of sp³-hybridized carbons (Fsp3) is 0.300. The van der Waals surface area contributed by atoms with Gasteiger partial charge in [0.2, 0.25) is 0 Å². The third-order valence-electron chi connectivity index (χ3n) is 3.89. The number of esters is 1. The second kappa shape index (κ2) is 10.1. The summed E-state index contributed by atoms with van der Waals surface area (Å²) in [5.41, 5.74) is 1.24. The zero-order valence-electron chi connectivity index (χ0n) is 15.8. The lowest BCUT2D eigenvalue weighted by atomic mass is 10.1. The molecule has 2 aromatic rings. The lowest BCUT2D eigenvalue weighted by Crippen LogP contribution is -2.14. The second-order valence-corrected chi connectivity index (χ2v) is 5.96. The summed E-state index contributed by atoms with van der Waals surface area (Å²) in [5.74, 6) is -0.199. The number of hydrogen-bond donors (Lipinski definition) is 1. The van der Waals surface area contributed by atoms with Crippen molar-refractivity contribution >= 4 is 23.3 Å². The van der Waals surface area contributed by atoms with Crippen molar-refractivity contribution in [2.75, 3.05) is 18.5 Å². The Kier molecular flexibility index (Phi) is 7.50. The monoisotopic (exact) mass is 386 g/mol. The molecule has 0 aliphatic heterocycles. The molecule has 0 radical (unpaired) electrons. The summed E-state index contributed by atoms with van der Waals surface area (Å²) >= 11 is 0. The summed E-state index contributed by atoms with van der Waals surface area (Å²) in [7, 11) is 0. The van der Waals surface area contributed by atoms with E-state index in [9.17, 15) is 19.7 Å². The molecule has 0 saturated carbocycles. The van der Waals surface area contributed by atoms with E-state index in [0.717, 1.165) is 0 Å². The average Bonchev–Trinajstić information content (AvgIpc) is 2.66. The maximum absolute atomic E-state index is 12.6. The van der Waals surface area contributed by atoms with Gasteiger partial charge >= 0.3 is 5.97 Å². The molecule has 0 aliphatic carbocycles. The number of para-hydroxylation sites is 2. The minimum Gasteiger partial charge on any atom is -0.491 e. The molecule has 0 spiro atoms. The topological polar surface area (TPSA) is 108 Å². The van der Waals surface area contributed by atoms with Gasteiger partial charge in [0.1, 0.15) is 5.75 Å². The van der Waals surface area contributed by atoms with Gasteiger partial charge in [0.15, 0.2) is 0 Å². The van der Waals surface area contributed by atoms with Crippen molar-refractivity contribution in [2.45, 2.75) is 26.7 Å². The van der Waals surface area contributed by atoms with Gasteiger partial charge in [0.05, 0.1) is 23.8 Å². The molecule has 0 unspecified atom stereocenters. The Labute approximate surface area is 162 Å². The molecule has 148 valence electrons. The van der Waals surface area contributed by atoms with Gasteiger partial charge in [-0.05, 0) is 44.0 Å².